The average Bonchev–Trinajstić information content (AvgIpc) is 2.75. The summed E-state index contributed by atoms with van der Waals surface area (Å²) in [5, 5.41) is 0. The van der Waals surface area contributed by atoms with Crippen molar-refractivity contribution in [2.24, 2.45) is 17.6 Å². The summed E-state index contributed by atoms with van der Waals surface area (Å²) >= 11 is 0. The van der Waals surface area contributed by atoms with Crippen LogP contribution < -0.4 is 5.73 Å². The standard InChI is InChI=1S/C14H25NO3/c1-10(2)7-12(15)13(16)11-3-5-18-14(8-11)4-6-17-9-14/h10-12H,3-9,15H2,1-2H3. The Balaban J connectivity index is 1.93. The lowest BCUT2D eigenvalue weighted by molar-refractivity contribution is -0.138. The van der Waals surface area contributed by atoms with E-state index in [1.165, 1.54) is 0 Å². The van der Waals surface area contributed by atoms with Gasteiger partial charge in [0, 0.05) is 25.6 Å². The minimum absolute atomic E-state index is 0.0641. The minimum atomic E-state index is -0.313. The second kappa shape index (κ2) is 5.68. The first-order chi connectivity index (χ1) is 8.52. The predicted molar refractivity (Wildman–Crippen MR) is 69.3 cm³/mol. The van der Waals surface area contributed by atoms with Crippen LogP contribution in [0.15, 0.2) is 0 Å². The van der Waals surface area contributed by atoms with E-state index in [0.29, 0.717) is 19.1 Å². The third-order valence-corrected chi connectivity index (χ3v) is 4.05. The molecule has 0 aliphatic carbocycles. The zero-order chi connectivity index (χ0) is 13.2. The molecule has 0 aromatic rings. The van der Waals surface area contributed by atoms with Crippen molar-refractivity contribution in [2.45, 2.75) is 51.2 Å². The summed E-state index contributed by atoms with van der Waals surface area (Å²) in [6.45, 7) is 6.25. The number of ketones is 1. The number of ether oxygens (including phenoxy) is 2. The van der Waals surface area contributed by atoms with Gasteiger partial charge in [0.25, 0.3) is 0 Å². The van der Waals surface area contributed by atoms with E-state index in [1.54, 1.807) is 0 Å². The van der Waals surface area contributed by atoms with Gasteiger partial charge in [0.15, 0.2) is 5.78 Å². The topological polar surface area (TPSA) is 61.6 Å². The molecule has 3 unspecified atom stereocenters. The smallest absolute Gasteiger partial charge is 0.152 e. The number of rotatable bonds is 4. The monoisotopic (exact) mass is 255 g/mol. The van der Waals surface area contributed by atoms with Crippen LogP contribution in [0.2, 0.25) is 0 Å². The summed E-state index contributed by atoms with van der Waals surface area (Å²) in [6, 6.07) is -0.313. The van der Waals surface area contributed by atoms with E-state index in [9.17, 15) is 4.79 Å². The van der Waals surface area contributed by atoms with Crippen molar-refractivity contribution in [1.29, 1.82) is 0 Å². The van der Waals surface area contributed by atoms with Crippen LogP contribution in [-0.4, -0.2) is 37.2 Å². The molecular formula is C14H25NO3. The second-order valence-corrected chi connectivity index (χ2v) is 6.16. The molecule has 0 amide bonds. The van der Waals surface area contributed by atoms with Crippen LogP contribution in [-0.2, 0) is 14.3 Å². The maximum absolute atomic E-state index is 12.4. The molecule has 0 bridgehead atoms. The van der Waals surface area contributed by atoms with Gasteiger partial charge in [-0.3, -0.25) is 4.79 Å². The Morgan fingerprint density at radius 1 is 1.44 bits per heavy atom. The van der Waals surface area contributed by atoms with E-state index >= 15 is 0 Å². The van der Waals surface area contributed by atoms with Gasteiger partial charge in [-0.15, -0.1) is 0 Å². The summed E-state index contributed by atoms with van der Waals surface area (Å²) < 4.78 is 11.3. The molecule has 0 radical (unpaired) electrons. The molecule has 2 N–H and O–H groups in total. The van der Waals surface area contributed by atoms with Gasteiger partial charge in [-0.05, 0) is 25.2 Å². The molecule has 104 valence electrons. The SMILES string of the molecule is CC(C)CC(N)C(=O)C1CCOC2(CCOC2)C1. The Morgan fingerprint density at radius 2 is 2.22 bits per heavy atom. The summed E-state index contributed by atoms with van der Waals surface area (Å²) in [5.41, 5.74) is 5.82. The number of hydrogen-bond donors (Lipinski definition) is 1. The normalized spacial score (nSPS) is 34.1. The summed E-state index contributed by atoms with van der Waals surface area (Å²) in [5.74, 6) is 0.750. The molecule has 3 atom stereocenters. The fourth-order valence-electron chi connectivity index (χ4n) is 3.06. The molecule has 2 rings (SSSR count). The summed E-state index contributed by atoms with van der Waals surface area (Å²) in [4.78, 5) is 12.4. The zero-order valence-electron chi connectivity index (χ0n) is 11.5. The van der Waals surface area contributed by atoms with Crippen LogP contribution in [0.3, 0.4) is 0 Å². The summed E-state index contributed by atoms with van der Waals surface area (Å²) in [6.07, 6.45) is 3.29. The molecular weight excluding hydrogens is 230 g/mol. The zero-order valence-corrected chi connectivity index (χ0v) is 11.5. The molecule has 2 aliphatic heterocycles. The molecule has 1 spiro atoms. The van der Waals surface area contributed by atoms with Gasteiger partial charge >= 0.3 is 0 Å². The lowest BCUT2D eigenvalue weighted by atomic mass is 9.80. The Kier molecular flexibility index (Phi) is 4.41. The fraction of sp³-hybridized carbons (Fsp3) is 0.929. The van der Waals surface area contributed by atoms with Crippen molar-refractivity contribution in [2.75, 3.05) is 19.8 Å². The van der Waals surface area contributed by atoms with Gasteiger partial charge in [-0.25, -0.2) is 0 Å². The number of carbonyl (C=O) groups is 1. The maximum atomic E-state index is 12.4. The van der Waals surface area contributed by atoms with Crippen molar-refractivity contribution < 1.29 is 14.3 Å². The third kappa shape index (κ3) is 3.11. The number of Topliss-reactive ketones (excluding diaryl/α,β-unsaturated/α-hetero) is 1. The first-order valence-electron chi connectivity index (χ1n) is 7.03. The van der Waals surface area contributed by atoms with Crippen molar-refractivity contribution in [1.82, 2.24) is 0 Å². The molecule has 18 heavy (non-hydrogen) atoms. The van der Waals surface area contributed by atoms with E-state index in [2.05, 4.69) is 13.8 Å². The Labute approximate surface area is 109 Å². The van der Waals surface area contributed by atoms with Gasteiger partial charge in [0.2, 0.25) is 0 Å². The highest BCUT2D eigenvalue weighted by Crippen LogP contribution is 2.36. The molecule has 2 aliphatic rings. The largest absolute Gasteiger partial charge is 0.378 e. The highest BCUT2D eigenvalue weighted by molar-refractivity contribution is 5.86. The van der Waals surface area contributed by atoms with E-state index in [0.717, 1.165) is 32.3 Å². The third-order valence-electron chi connectivity index (χ3n) is 4.05. The van der Waals surface area contributed by atoms with E-state index in [1.807, 2.05) is 0 Å². The van der Waals surface area contributed by atoms with Crippen LogP contribution in [0.5, 0.6) is 0 Å². The number of carbonyl (C=O) groups excluding carboxylic acids is 1. The number of hydrogen-bond acceptors (Lipinski definition) is 4. The number of nitrogens with two attached hydrogens (primary N) is 1. The first kappa shape index (κ1) is 14.0. The van der Waals surface area contributed by atoms with Gasteiger partial charge in [0.1, 0.15) is 0 Å². The van der Waals surface area contributed by atoms with Gasteiger partial charge < -0.3 is 15.2 Å². The lowest BCUT2D eigenvalue weighted by Gasteiger charge is -2.37. The minimum Gasteiger partial charge on any atom is -0.378 e. The molecule has 4 heteroatoms. The molecule has 0 saturated carbocycles. The van der Waals surface area contributed by atoms with E-state index < -0.39 is 0 Å². The maximum Gasteiger partial charge on any atom is 0.152 e. The van der Waals surface area contributed by atoms with Gasteiger partial charge in [0.05, 0.1) is 18.2 Å². The Hall–Kier alpha value is -0.450. The van der Waals surface area contributed by atoms with Gasteiger partial charge in [-0.1, -0.05) is 13.8 Å². The first-order valence-corrected chi connectivity index (χ1v) is 7.03. The van der Waals surface area contributed by atoms with Crippen molar-refractivity contribution in [3.8, 4) is 0 Å². The van der Waals surface area contributed by atoms with Gasteiger partial charge in [-0.2, -0.15) is 0 Å². The van der Waals surface area contributed by atoms with Crippen molar-refractivity contribution >= 4 is 5.78 Å². The van der Waals surface area contributed by atoms with Crippen LogP contribution in [0.25, 0.3) is 0 Å². The molecule has 0 aromatic heterocycles. The van der Waals surface area contributed by atoms with Crippen LogP contribution >= 0.6 is 0 Å². The molecule has 4 nitrogen and oxygen atoms in total. The molecule has 2 fully saturated rings. The lowest BCUT2D eigenvalue weighted by Crippen LogP contribution is -2.46. The van der Waals surface area contributed by atoms with Crippen LogP contribution in [0.4, 0.5) is 0 Å². The highest BCUT2D eigenvalue weighted by Gasteiger charge is 2.43. The average molecular weight is 255 g/mol. The summed E-state index contributed by atoms with van der Waals surface area (Å²) in [7, 11) is 0. The highest BCUT2D eigenvalue weighted by atomic mass is 16.6. The fourth-order valence-corrected chi connectivity index (χ4v) is 3.06. The molecule has 0 aromatic carbocycles. The molecule has 2 saturated heterocycles. The predicted octanol–water partition coefficient (Wildman–Crippen LogP) is 1.51. The van der Waals surface area contributed by atoms with E-state index in [-0.39, 0.29) is 23.3 Å². The quantitative estimate of drug-likeness (QED) is 0.827. The molecule has 2 heterocycles. The Morgan fingerprint density at radius 3 is 2.83 bits per heavy atom. The van der Waals surface area contributed by atoms with Crippen LogP contribution in [0, 0.1) is 11.8 Å². The second-order valence-electron chi connectivity index (χ2n) is 6.16. The van der Waals surface area contributed by atoms with Crippen LogP contribution in [0.1, 0.15) is 39.5 Å². The van der Waals surface area contributed by atoms with E-state index in [4.69, 9.17) is 15.2 Å². The van der Waals surface area contributed by atoms with Crippen molar-refractivity contribution in [3.63, 3.8) is 0 Å². The Bertz CT molecular complexity index is 297. The van der Waals surface area contributed by atoms with Crippen molar-refractivity contribution in [3.05, 3.63) is 0 Å².